The Kier molecular flexibility index (Phi) is 7.87. The van der Waals surface area contributed by atoms with Crippen LogP contribution in [0.15, 0.2) is 0 Å². The zero-order valence-corrected chi connectivity index (χ0v) is 16.3. The van der Waals surface area contributed by atoms with E-state index >= 15 is 0 Å². The minimum Gasteiger partial charge on any atom is -0.364 e. The van der Waals surface area contributed by atoms with Gasteiger partial charge in [-0.25, -0.2) is 0 Å². The molecule has 0 atom stereocenters. The van der Waals surface area contributed by atoms with Crippen LogP contribution in [0.4, 0.5) is 0 Å². The van der Waals surface area contributed by atoms with Crippen molar-refractivity contribution in [1.29, 1.82) is 0 Å². The molecule has 1 rings (SSSR count). The molecule has 1 saturated heterocycles. The second-order valence-electron chi connectivity index (χ2n) is 5.05. The molecule has 0 radical (unpaired) electrons. The predicted octanol–water partition coefficient (Wildman–Crippen LogP) is 0.732. The molecular weight excluding hydrogens is 360 g/mol. The first-order valence-electron chi connectivity index (χ1n) is 6.46. The van der Waals surface area contributed by atoms with Crippen LogP contribution in [0.25, 0.3) is 0 Å². The van der Waals surface area contributed by atoms with Gasteiger partial charge in [0.1, 0.15) is 8.64 Å². The van der Waals surface area contributed by atoms with Gasteiger partial charge in [-0.15, -0.1) is 0 Å². The first-order valence-corrected chi connectivity index (χ1v) is 9.25. The van der Waals surface area contributed by atoms with Crippen molar-refractivity contribution in [3.05, 3.63) is 0 Å². The van der Waals surface area contributed by atoms with Crippen LogP contribution in [0.2, 0.25) is 0 Å². The van der Waals surface area contributed by atoms with E-state index in [1.54, 1.807) is 19.6 Å². The number of thioether (sulfide) groups is 2. The number of amides is 2. The van der Waals surface area contributed by atoms with E-state index in [1.165, 1.54) is 23.5 Å². The molecule has 22 heavy (non-hydrogen) atoms. The van der Waals surface area contributed by atoms with Gasteiger partial charge in [0.05, 0.1) is 24.8 Å². The summed E-state index contributed by atoms with van der Waals surface area (Å²) in [7, 11) is 7.39. The minimum absolute atomic E-state index is 0.00489. The molecule has 0 aromatic rings. The lowest BCUT2D eigenvalue weighted by atomic mass is 10.4. The zero-order chi connectivity index (χ0) is 16.9. The first kappa shape index (κ1) is 19.5. The van der Waals surface area contributed by atoms with Gasteiger partial charge >= 0.3 is 0 Å². The van der Waals surface area contributed by atoms with E-state index in [1.807, 2.05) is 28.2 Å². The van der Waals surface area contributed by atoms with Gasteiger partial charge in [-0.1, -0.05) is 48.0 Å². The molecule has 10 heteroatoms. The largest absolute Gasteiger partial charge is 0.364 e. The maximum atomic E-state index is 11.9. The molecule has 0 aliphatic carbocycles. The highest BCUT2D eigenvalue weighted by molar-refractivity contribution is 8.23. The Morgan fingerprint density at radius 2 is 1.18 bits per heavy atom. The fourth-order valence-corrected chi connectivity index (χ4v) is 3.10. The Morgan fingerprint density at radius 1 is 0.864 bits per heavy atom. The Hall–Kier alpha value is -0.580. The van der Waals surface area contributed by atoms with Crippen molar-refractivity contribution in [3.8, 4) is 0 Å². The second kappa shape index (κ2) is 8.90. The van der Waals surface area contributed by atoms with Gasteiger partial charge in [-0.3, -0.25) is 9.59 Å². The van der Waals surface area contributed by atoms with Crippen LogP contribution in [0.3, 0.4) is 0 Å². The summed E-state index contributed by atoms with van der Waals surface area (Å²) in [5.41, 5.74) is 0. The van der Waals surface area contributed by atoms with Gasteiger partial charge in [-0.2, -0.15) is 0 Å². The number of carbonyl (C=O) groups is 2. The average molecular weight is 381 g/mol. The Balaban J connectivity index is 2.24. The van der Waals surface area contributed by atoms with E-state index in [2.05, 4.69) is 0 Å². The molecule has 0 unspecified atom stereocenters. The summed E-state index contributed by atoms with van der Waals surface area (Å²) >= 11 is 12.9. The van der Waals surface area contributed by atoms with Crippen LogP contribution in [-0.2, 0) is 9.59 Å². The van der Waals surface area contributed by atoms with Gasteiger partial charge < -0.3 is 19.6 Å². The van der Waals surface area contributed by atoms with E-state index in [4.69, 9.17) is 24.4 Å². The van der Waals surface area contributed by atoms with Crippen LogP contribution >= 0.6 is 48.0 Å². The average Bonchev–Trinajstić information content (AvgIpc) is 2.39. The number of thiocarbonyl (C=S) groups is 2. The lowest BCUT2D eigenvalue weighted by molar-refractivity contribution is -0.155. The van der Waals surface area contributed by atoms with Crippen molar-refractivity contribution in [2.45, 2.75) is 0 Å². The lowest BCUT2D eigenvalue weighted by Crippen LogP contribution is -2.60. The third-order valence-electron chi connectivity index (χ3n) is 2.76. The third-order valence-corrected chi connectivity index (χ3v) is 6.20. The third kappa shape index (κ3) is 5.90. The number of nitrogens with zero attached hydrogens (tertiary/aromatic N) is 4. The molecule has 0 aromatic heterocycles. The van der Waals surface area contributed by atoms with E-state index in [9.17, 15) is 9.59 Å². The lowest BCUT2D eigenvalue weighted by Gasteiger charge is -2.42. The van der Waals surface area contributed by atoms with Crippen LogP contribution in [0, 0.1) is 0 Å². The summed E-state index contributed by atoms with van der Waals surface area (Å²) in [6.07, 6.45) is 0. The molecule has 0 spiro atoms. The Morgan fingerprint density at radius 3 is 1.45 bits per heavy atom. The van der Waals surface area contributed by atoms with Crippen molar-refractivity contribution in [3.63, 3.8) is 0 Å². The fourth-order valence-electron chi connectivity index (χ4n) is 1.37. The Bertz CT molecular complexity index is 424. The van der Waals surface area contributed by atoms with Crippen molar-refractivity contribution in [2.75, 3.05) is 53.0 Å². The quantitative estimate of drug-likeness (QED) is 0.662. The summed E-state index contributed by atoms with van der Waals surface area (Å²) in [5, 5.41) is 0. The van der Waals surface area contributed by atoms with Crippen LogP contribution in [0.5, 0.6) is 0 Å². The summed E-state index contributed by atoms with van der Waals surface area (Å²) < 4.78 is 1.35. The molecule has 0 aromatic carbocycles. The number of hydrogen-bond donors (Lipinski definition) is 0. The molecule has 1 heterocycles. The van der Waals surface area contributed by atoms with Gasteiger partial charge in [0.2, 0.25) is 11.8 Å². The highest BCUT2D eigenvalue weighted by Gasteiger charge is 2.31. The van der Waals surface area contributed by atoms with Crippen LogP contribution in [0.1, 0.15) is 0 Å². The summed E-state index contributed by atoms with van der Waals surface area (Å²) in [4.78, 5) is 30.7. The zero-order valence-electron chi connectivity index (χ0n) is 13.1. The maximum absolute atomic E-state index is 11.9. The molecule has 1 fully saturated rings. The summed E-state index contributed by atoms with van der Waals surface area (Å²) in [6, 6.07) is 0. The normalized spacial score (nSPS) is 13.5. The monoisotopic (exact) mass is 380 g/mol. The van der Waals surface area contributed by atoms with Gasteiger partial charge in [0, 0.05) is 28.2 Å². The summed E-state index contributed by atoms with van der Waals surface area (Å²) in [5.74, 6) is 0.598. The topological polar surface area (TPSA) is 47.1 Å². The first-order chi connectivity index (χ1) is 10.2. The Labute approximate surface area is 150 Å². The predicted molar refractivity (Wildman–Crippen MR) is 101 cm³/mol. The standard InChI is InChI=1S/C12H20N4O2S4/c1-13(2)11(19)21-5-9(17)15-7-16(8-15)10(18)6-22-12(20)14(3)4/h5-8H2,1-4H3. The molecule has 6 nitrogen and oxygen atoms in total. The van der Waals surface area contributed by atoms with Crippen LogP contribution < -0.4 is 0 Å². The SMILES string of the molecule is CN(C)C(=S)SCC(=O)N1CN(C(=O)CSC(=S)N(C)C)C1. The van der Waals surface area contributed by atoms with E-state index in [-0.39, 0.29) is 11.8 Å². The molecular formula is C12H20N4O2S4. The number of rotatable bonds is 4. The van der Waals surface area contributed by atoms with E-state index in [0.717, 1.165) is 0 Å². The highest BCUT2D eigenvalue weighted by Crippen LogP contribution is 2.16. The molecule has 1 aliphatic rings. The van der Waals surface area contributed by atoms with Gasteiger partial charge in [0.25, 0.3) is 0 Å². The minimum atomic E-state index is -0.00489. The molecule has 1 aliphatic heterocycles. The maximum Gasteiger partial charge on any atom is 0.235 e. The van der Waals surface area contributed by atoms with Crippen LogP contribution in [-0.4, -0.2) is 93.1 Å². The number of hydrogen-bond acceptors (Lipinski definition) is 6. The second-order valence-corrected chi connectivity index (χ2v) is 8.27. The van der Waals surface area contributed by atoms with Crippen molar-refractivity contribution >= 4 is 68.4 Å². The van der Waals surface area contributed by atoms with Crippen molar-refractivity contribution in [1.82, 2.24) is 19.6 Å². The molecule has 2 amide bonds. The van der Waals surface area contributed by atoms with Crippen molar-refractivity contribution < 1.29 is 9.59 Å². The van der Waals surface area contributed by atoms with Crippen molar-refractivity contribution in [2.24, 2.45) is 0 Å². The van der Waals surface area contributed by atoms with E-state index in [0.29, 0.717) is 33.5 Å². The highest BCUT2D eigenvalue weighted by atomic mass is 32.2. The smallest absolute Gasteiger partial charge is 0.235 e. The molecule has 0 saturated carbocycles. The van der Waals surface area contributed by atoms with Gasteiger partial charge in [0.15, 0.2) is 0 Å². The molecule has 0 bridgehead atoms. The number of carbonyl (C=O) groups excluding carboxylic acids is 2. The molecule has 0 N–H and O–H groups in total. The molecule has 124 valence electrons. The summed E-state index contributed by atoms with van der Waals surface area (Å²) in [6.45, 7) is 0.699. The fraction of sp³-hybridized carbons (Fsp3) is 0.667. The van der Waals surface area contributed by atoms with Gasteiger partial charge in [-0.05, 0) is 0 Å². The van der Waals surface area contributed by atoms with E-state index < -0.39 is 0 Å².